The van der Waals surface area contributed by atoms with Gasteiger partial charge in [-0.2, -0.15) is 0 Å². The van der Waals surface area contributed by atoms with E-state index in [-0.39, 0.29) is 0 Å². The van der Waals surface area contributed by atoms with Crippen molar-refractivity contribution < 1.29 is 0 Å². The summed E-state index contributed by atoms with van der Waals surface area (Å²) in [6.45, 7) is 0. The van der Waals surface area contributed by atoms with Crippen LogP contribution in [0.3, 0.4) is 0 Å². The first-order chi connectivity index (χ1) is 25.8. The molecule has 0 aliphatic rings. The fourth-order valence-electron chi connectivity index (χ4n) is 7.86. The lowest BCUT2D eigenvalue weighted by molar-refractivity contribution is 1.30. The third-order valence-corrected chi connectivity index (χ3v) is 11.5. The summed E-state index contributed by atoms with van der Waals surface area (Å²) in [6, 6.07) is 72.9. The maximum atomic E-state index is 2.47. The Morgan fingerprint density at radius 1 is 0.308 bits per heavy atom. The number of rotatable bonds is 6. The van der Waals surface area contributed by atoms with Crippen LogP contribution in [0.15, 0.2) is 200 Å². The van der Waals surface area contributed by atoms with E-state index in [9.17, 15) is 0 Å². The number of hydrogen-bond donors (Lipinski definition) is 0. The van der Waals surface area contributed by atoms with Gasteiger partial charge in [0.15, 0.2) is 0 Å². The van der Waals surface area contributed by atoms with E-state index in [2.05, 4.69) is 205 Å². The van der Waals surface area contributed by atoms with Gasteiger partial charge in [-0.3, -0.25) is 0 Å². The summed E-state index contributed by atoms with van der Waals surface area (Å²) in [5, 5.41) is 7.59. The van der Waals surface area contributed by atoms with Gasteiger partial charge < -0.3 is 4.90 Å². The van der Waals surface area contributed by atoms with Crippen molar-refractivity contribution in [3.05, 3.63) is 200 Å². The zero-order valence-electron chi connectivity index (χ0n) is 28.4. The second-order valence-electron chi connectivity index (χ2n) is 13.3. The van der Waals surface area contributed by atoms with Crippen molar-refractivity contribution in [2.24, 2.45) is 0 Å². The Kier molecular flexibility index (Phi) is 7.41. The molecule has 0 N–H and O–H groups in total. The molecule has 52 heavy (non-hydrogen) atoms. The lowest BCUT2D eigenvalue weighted by Crippen LogP contribution is -2.12. The monoisotopic (exact) mass is 679 g/mol. The van der Waals surface area contributed by atoms with E-state index in [1.165, 1.54) is 80.8 Å². The minimum absolute atomic E-state index is 1.11. The zero-order valence-corrected chi connectivity index (χ0v) is 29.2. The van der Waals surface area contributed by atoms with E-state index >= 15 is 0 Å². The van der Waals surface area contributed by atoms with Crippen LogP contribution in [0.2, 0.25) is 0 Å². The summed E-state index contributed by atoms with van der Waals surface area (Å²) >= 11 is 1.88. The highest BCUT2D eigenvalue weighted by atomic mass is 32.1. The van der Waals surface area contributed by atoms with Gasteiger partial charge in [0.2, 0.25) is 0 Å². The van der Waals surface area contributed by atoms with Gasteiger partial charge in [0.1, 0.15) is 0 Å². The lowest BCUT2D eigenvalue weighted by Gasteiger charge is -2.31. The average Bonchev–Trinajstić information content (AvgIpc) is 3.61. The van der Waals surface area contributed by atoms with Gasteiger partial charge in [0.05, 0.1) is 5.69 Å². The lowest BCUT2D eigenvalue weighted by atomic mass is 9.90. The van der Waals surface area contributed by atoms with Crippen molar-refractivity contribution in [3.8, 4) is 33.4 Å². The predicted octanol–water partition coefficient (Wildman–Crippen LogP) is 14.8. The van der Waals surface area contributed by atoms with Crippen molar-refractivity contribution in [1.82, 2.24) is 0 Å². The largest absolute Gasteiger partial charge is 0.309 e. The quantitative estimate of drug-likeness (QED) is 0.158. The van der Waals surface area contributed by atoms with Crippen molar-refractivity contribution in [3.63, 3.8) is 0 Å². The molecule has 0 atom stereocenters. The minimum atomic E-state index is 1.11. The van der Waals surface area contributed by atoms with Gasteiger partial charge in [0.25, 0.3) is 0 Å². The Hall–Kier alpha value is -6.48. The first-order valence-corrected chi connectivity index (χ1v) is 18.6. The third kappa shape index (κ3) is 5.07. The topological polar surface area (TPSA) is 3.24 Å². The molecule has 0 unspecified atom stereocenters. The number of hydrogen-bond acceptors (Lipinski definition) is 2. The van der Waals surface area contributed by atoms with Crippen molar-refractivity contribution in [1.29, 1.82) is 0 Å². The number of anilines is 3. The van der Waals surface area contributed by atoms with Crippen LogP contribution in [-0.4, -0.2) is 0 Å². The average molecular weight is 680 g/mol. The van der Waals surface area contributed by atoms with Crippen LogP contribution in [0.1, 0.15) is 0 Å². The summed E-state index contributed by atoms with van der Waals surface area (Å²) < 4.78 is 2.65. The number of thiophene rings is 1. The highest BCUT2D eigenvalue weighted by Gasteiger charge is 2.23. The molecule has 0 bridgehead atoms. The van der Waals surface area contributed by atoms with Crippen LogP contribution in [0, 0.1) is 0 Å². The van der Waals surface area contributed by atoms with E-state index in [4.69, 9.17) is 0 Å². The normalized spacial score (nSPS) is 11.5. The molecule has 0 amide bonds. The standard InChI is InChI=1S/C50H33NS/c1-3-14-34(15-4-1)35-26-30-38(31-27-35)51(39-32-28-36(29-33-39)40-23-13-24-46-43-20-11-12-25-47(43)52-50(40)46)49-45-22-10-8-19-42(45)41-18-7-9-21-44(41)48(49)37-16-5-2-6-17-37/h1-33H. The number of nitrogens with zero attached hydrogens (tertiary/aromatic N) is 1. The Morgan fingerprint density at radius 3 is 1.46 bits per heavy atom. The highest BCUT2D eigenvalue weighted by molar-refractivity contribution is 7.26. The van der Waals surface area contributed by atoms with Crippen molar-refractivity contribution in [2.45, 2.75) is 0 Å². The molecular weight excluding hydrogens is 647 g/mol. The number of fused-ring (bicyclic) bond motifs is 6. The maximum absolute atomic E-state index is 2.47. The fraction of sp³-hybridized carbons (Fsp3) is 0. The van der Waals surface area contributed by atoms with E-state index < -0.39 is 0 Å². The molecule has 0 radical (unpaired) electrons. The minimum Gasteiger partial charge on any atom is -0.309 e. The molecule has 0 spiro atoms. The van der Waals surface area contributed by atoms with Gasteiger partial charge in [-0.25, -0.2) is 0 Å². The molecule has 244 valence electrons. The third-order valence-electron chi connectivity index (χ3n) is 10.3. The SMILES string of the molecule is c1ccc(-c2ccc(N(c3ccc(-c4cccc5c4sc4ccccc45)cc3)c3c(-c4ccccc4)c4ccccc4c4ccccc34)cc2)cc1. The van der Waals surface area contributed by atoms with Gasteiger partial charge in [-0.05, 0) is 74.3 Å². The first kappa shape index (κ1) is 30.4. The van der Waals surface area contributed by atoms with E-state index in [0.29, 0.717) is 0 Å². The van der Waals surface area contributed by atoms with Crippen molar-refractivity contribution in [2.75, 3.05) is 4.90 Å². The molecule has 0 aliphatic heterocycles. The Balaban J connectivity index is 1.22. The fourth-order valence-corrected chi connectivity index (χ4v) is 9.10. The molecule has 1 nitrogen and oxygen atoms in total. The second-order valence-corrected chi connectivity index (χ2v) is 14.3. The van der Waals surface area contributed by atoms with Crippen LogP contribution in [-0.2, 0) is 0 Å². The molecule has 1 heterocycles. The maximum Gasteiger partial charge on any atom is 0.0624 e. The summed E-state index contributed by atoms with van der Waals surface area (Å²) in [6.07, 6.45) is 0. The Morgan fingerprint density at radius 2 is 0.788 bits per heavy atom. The van der Waals surface area contributed by atoms with Crippen LogP contribution in [0.5, 0.6) is 0 Å². The van der Waals surface area contributed by atoms with Gasteiger partial charge >= 0.3 is 0 Å². The number of benzene rings is 9. The van der Waals surface area contributed by atoms with Crippen LogP contribution < -0.4 is 4.90 Å². The molecule has 0 saturated heterocycles. The highest BCUT2D eigenvalue weighted by Crippen LogP contribution is 2.50. The van der Waals surface area contributed by atoms with E-state index in [1.807, 2.05) is 11.3 Å². The van der Waals surface area contributed by atoms with Gasteiger partial charge in [-0.1, -0.05) is 170 Å². The first-order valence-electron chi connectivity index (χ1n) is 17.8. The summed E-state index contributed by atoms with van der Waals surface area (Å²) in [5.41, 5.74) is 10.7. The Bertz CT molecular complexity index is 2870. The molecule has 10 aromatic rings. The predicted molar refractivity (Wildman–Crippen MR) is 225 cm³/mol. The molecule has 0 aliphatic carbocycles. The summed E-state index contributed by atoms with van der Waals surface area (Å²) in [4.78, 5) is 2.47. The molecule has 2 heteroatoms. The van der Waals surface area contributed by atoms with Crippen LogP contribution in [0.25, 0.3) is 75.1 Å². The van der Waals surface area contributed by atoms with E-state index in [0.717, 1.165) is 11.4 Å². The second kappa shape index (κ2) is 12.7. The molecular formula is C50H33NS. The van der Waals surface area contributed by atoms with Crippen LogP contribution >= 0.6 is 11.3 Å². The van der Waals surface area contributed by atoms with Gasteiger partial charge in [0, 0.05) is 42.5 Å². The molecule has 10 rings (SSSR count). The van der Waals surface area contributed by atoms with Crippen LogP contribution in [0.4, 0.5) is 17.1 Å². The molecule has 0 saturated carbocycles. The molecule has 9 aromatic carbocycles. The van der Waals surface area contributed by atoms with Gasteiger partial charge in [-0.15, -0.1) is 11.3 Å². The van der Waals surface area contributed by atoms with E-state index in [1.54, 1.807) is 0 Å². The zero-order chi connectivity index (χ0) is 34.4. The summed E-state index contributed by atoms with van der Waals surface area (Å²) in [7, 11) is 0. The smallest absolute Gasteiger partial charge is 0.0624 e. The molecule has 0 fully saturated rings. The molecule has 1 aromatic heterocycles. The summed E-state index contributed by atoms with van der Waals surface area (Å²) in [5.74, 6) is 0. The van der Waals surface area contributed by atoms with Crippen molar-refractivity contribution >= 4 is 70.1 Å². The Labute approximate surface area is 307 Å².